The maximum absolute atomic E-state index is 15.3. The van der Waals surface area contributed by atoms with E-state index in [0.29, 0.717) is 51.5 Å². The highest BCUT2D eigenvalue weighted by molar-refractivity contribution is 6.33. The van der Waals surface area contributed by atoms with Crippen molar-refractivity contribution in [1.29, 1.82) is 0 Å². The van der Waals surface area contributed by atoms with Crippen LogP contribution in [0.5, 0.6) is 5.75 Å². The highest BCUT2D eigenvalue weighted by atomic mass is 35.5. The molecular formula is C31H32ClF3N8O5. The zero-order chi connectivity index (χ0) is 34.4. The fourth-order valence-corrected chi connectivity index (χ4v) is 6.46. The van der Waals surface area contributed by atoms with Crippen molar-refractivity contribution in [2.75, 3.05) is 50.1 Å². The number of halogens is 4. The Morgan fingerprint density at radius 1 is 1.15 bits per heavy atom. The Hall–Kier alpha value is -4.67. The maximum Gasteiger partial charge on any atom is 0.263 e. The Labute approximate surface area is 276 Å². The van der Waals surface area contributed by atoms with Gasteiger partial charge in [0.15, 0.2) is 11.6 Å². The largest absolute Gasteiger partial charge is 0.504 e. The first kappa shape index (κ1) is 33.2. The number of hydrogen-bond acceptors (Lipinski definition) is 9. The van der Waals surface area contributed by atoms with E-state index in [1.807, 2.05) is 11.8 Å². The van der Waals surface area contributed by atoms with Crippen LogP contribution in [0.1, 0.15) is 29.5 Å². The van der Waals surface area contributed by atoms with Gasteiger partial charge in [-0.2, -0.15) is 8.78 Å². The van der Waals surface area contributed by atoms with Crippen LogP contribution in [0.15, 0.2) is 23.1 Å². The summed E-state index contributed by atoms with van der Waals surface area (Å²) in [5.74, 6) is -6.73. The molecule has 1 fully saturated rings. The van der Waals surface area contributed by atoms with E-state index in [4.69, 9.17) is 22.1 Å². The van der Waals surface area contributed by atoms with Gasteiger partial charge in [-0.1, -0.05) is 11.6 Å². The summed E-state index contributed by atoms with van der Waals surface area (Å²) in [6, 6.07) is 2.27. The number of pyridine rings is 1. The van der Waals surface area contributed by atoms with Gasteiger partial charge in [-0.05, 0) is 19.4 Å². The molecule has 2 amide bonds. The van der Waals surface area contributed by atoms with Crippen LogP contribution in [0.3, 0.4) is 0 Å². The van der Waals surface area contributed by atoms with E-state index >= 15 is 4.39 Å². The van der Waals surface area contributed by atoms with Gasteiger partial charge >= 0.3 is 0 Å². The molecule has 1 atom stereocenters. The van der Waals surface area contributed by atoms with Crippen LogP contribution in [0.25, 0.3) is 22.2 Å². The van der Waals surface area contributed by atoms with Crippen molar-refractivity contribution < 1.29 is 32.6 Å². The summed E-state index contributed by atoms with van der Waals surface area (Å²) < 4.78 is 52.9. The van der Waals surface area contributed by atoms with E-state index in [0.717, 1.165) is 12.6 Å². The molecular weight excluding hydrogens is 657 g/mol. The summed E-state index contributed by atoms with van der Waals surface area (Å²) in [7, 11) is 1.63. The molecule has 5 heterocycles. The molecule has 2 aliphatic heterocycles. The number of nitrogens with one attached hydrogen (secondary N) is 1. The van der Waals surface area contributed by atoms with Crippen molar-refractivity contribution in [3.63, 3.8) is 0 Å². The molecule has 0 unspecified atom stereocenters. The number of nitrogens with zero attached hydrogens (tertiary/aromatic N) is 6. The Morgan fingerprint density at radius 3 is 2.62 bits per heavy atom. The molecule has 1 saturated heterocycles. The molecule has 0 spiro atoms. The quantitative estimate of drug-likeness (QED) is 0.225. The van der Waals surface area contributed by atoms with Gasteiger partial charge in [0.25, 0.3) is 11.5 Å². The number of benzene rings is 1. The summed E-state index contributed by atoms with van der Waals surface area (Å²) in [5, 5.41) is 12.0. The fraction of sp³-hybridized carbons (Fsp3) is 0.387. The molecule has 4 aromatic rings. The van der Waals surface area contributed by atoms with E-state index in [-0.39, 0.29) is 34.1 Å². The molecule has 48 heavy (non-hydrogen) atoms. The molecule has 3 aromatic heterocycles. The summed E-state index contributed by atoms with van der Waals surface area (Å²) >= 11 is 6.23. The van der Waals surface area contributed by atoms with Crippen LogP contribution in [-0.4, -0.2) is 86.9 Å². The van der Waals surface area contributed by atoms with Crippen LogP contribution < -0.4 is 21.5 Å². The van der Waals surface area contributed by atoms with Gasteiger partial charge in [-0.15, -0.1) is 0 Å². The monoisotopic (exact) mass is 688 g/mol. The molecule has 0 aliphatic carbocycles. The van der Waals surface area contributed by atoms with Gasteiger partial charge in [0, 0.05) is 75.7 Å². The number of aromatic nitrogens is 4. The smallest absolute Gasteiger partial charge is 0.263 e. The Morgan fingerprint density at radius 2 is 1.92 bits per heavy atom. The van der Waals surface area contributed by atoms with Gasteiger partial charge in [0.2, 0.25) is 17.7 Å². The van der Waals surface area contributed by atoms with E-state index in [9.17, 15) is 28.3 Å². The number of phenols is 1. The highest BCUT2D eigenvalue weighted by Crippen LogP contribution is 2.36. The second kappa shape index (κ2) is 13.1. The average molecular weight is 689 g/mol. The Kier molecular flexibility index (Phi) is 9.06. The zero-order valence-electron chi connectivity index (χ0n) is 26.0. The Balaban J connectivity index is 1.35. The average Bonchev–Trinajstić information content (AvgIpc) is 3.66. The number of ether oxygens (including phenoxy) is 1. The van der Waals surface area contributed by atoms with Gasteiger partial charge < -0.3 is 30.4 Å². The number of methoxy groups -OCH3 is 1. The first-order valence-corrected chi connectivity index (χ1v) is 15.5. The number of nitrogens with two attached hydrogens (primary N) is 1. The minimum absolute atomic E-state index is 0.000304. The van der Waals surface area contributed by atoms with E-state index in [2.05, 4.69) is 20.2 Å². The lowest BCUT2D eigenvalue weighted by Crippen LogP contribution is -2.53. The van der Waals surface area contributed by atoms with Crippen molar-refractivity contribution in [3.8, 4) is 16.9 Å². The molecule has 17 heteroatoms. The van der Waals surface area contributed by atoms with Crippen LogP contribution in [0, 0.1) is 17.6 Å². The van der Waals surface area contributed by atoms with Crippen molar-refractivity contribution in [2.45, 2.75) is 38.9 Å². The van der Waals surface area contributed by atoms with E-state index in [1.54, 1.807) is 7.11 Å². The number of aromatic hydroxyl groups is 1. The maximum atomic E-state index is 15.3. The third-order valence-corrected chi connectivity index (χ3v) is 9.04. The minimum Gasteiger partial charge on any atom is -0.504 e. The molecule has 1 aromatic carbocycles. The Bertz CT molecular complexity index is 2020. The van der Waals surface area contributed by atoms with Crippen molar-refractivity contribution >= 4 is 46.0 Å². The molecule has 0 bridgehead atoms. The summed E-state index contributed by atoms with van der Waals surface area (Å²) in [6.45, 7) is 5.06. The van der Waals surface area contributed by atoms with E-state index < -0.39 is 63.4 Å². The number of carbonyl (C=O) groups excluding carboxylic acids is 2. The standard InChI is InChI=1S/C31H32ClF3N8O5/c1-15-12-40(8-9-48-2)6-7-42(15)21-11-19(24(32)28(35)38-21)37-22(44)14-41-13-18(16-10-17(29(36)46)27(45)26(34)25(16)33)23-30(41)39-20-4-3-5-43(20)31(23)47/h10-11,13,15,45H,3-9,12,14H2,1-2H3,(H2,36,46)(H,37,38,44)/t15-/m0/s1. The predicted octanol–water partition coefficient (Wildman–Crippen LogP) is 2.88. The summed E-state index contributed by atoms with van der Waals surface area (Å²) in [5.41, 5.74) is 3.26. The zero-order valence-corrected chi connectivity index (χ0v) is 26.8. The van der Waals surface area contributed by atoms with Crippen LogP contribution in [-0.2, 0) is 29.0 Å². The van der Waals surface area contributed by atoms with Gasteiger partial charge in [-0.3, -0.25) is 23.9 Å². The second-order valence-corrected chi connectivity index (χ2v) is 12.2. The van der Waals surface area contributed by atoms with Crippen molar-refractivity contribution in [1.82, 2.24) is 24.0 Å². The number of primary amides is 1. The number of hydrogen-bond donors (Lipinski definition) is 3. The third kappa shape index (κ3) is 5.95. The third-order valence-electron chi connectivity index (χ3n) is 8.68. The van der Waals surface area contributed by atoms with Crippen molar-refractivity contribution in [3.05, 3.63) is 62.7 Å². The SMILES string of the molecule is COCCN1CCN(c2cc(NC(=O)Cn3cc(-c4cc(C(N)=O)c(O)c(F)c4F)c4c(=O)n5c(nc43)CCC5)c(Cl)c(F)n2)[C@@H](C)C1. The number of amides is 2. The number of piperazine rings is 1. The summed E-state index contributed by atoms with van der Waals surface area (Å²) in [6.07, 6.45) is 2.31. The van der Waals surface area contributed by atoms with Gasteiger partial charge in [-0.25, -0.2) is 14.4 Å². The highest BCUT2D eigenvalue weighted by Gasteiger charge is 2.29. The van der Waals surface area contributed by atoms with E-state index in [1.165, 1.54) is 21.4 Å². The second-order valence-electron chi connectivity index (χ2n) is 11.8. The lowest BCUT2D eigenvalue weighted by atomic mass is 10.0. The number of fused-ring (bicyclic) bond motifs is 2. The fourth-order valence-electron chi connectivity index (χ4n) is 6.32. The molecule has 0 saturated carbocycles. The number of anilines is 2. The van der Waals surface area contributed by atoms with Gasteiger partial charge in [0.1, 0.15) is 28.9 Å². The number of carbonyl (C=O) groups is 2. The summed E-state index contributed by atoms with van der Waals surface area (Å²) in [4.78, 5) is 51.7. The lowest BCUT2D eigenvalue weighted by Gasteiger charge is -2.40. The van der Waals surface area contributed by atoms with Crippen LogP contribution in [0.2, 0.25) is 5.02 Å². The van der Waals surface area contributed by atoms with Crippen molar-refractivity contribution in [2.24, 2.45) is 5.73 Å². The molecule has 2 aliphatic rings. The number of rotatable bonds is 9. The topological polar surface area (TPSA) is 161 Å². The normalized spacial score (nSPS) is 16.5. The molecule has 0 radical (unpaired) electrons. The number of aryl methyl sites for hydroxylation is 1. The lowest BCUT2D eigenvalue weighted by molar-refractivity contribution is -0.116. The predicted molar refractivity (Wildman–Crippen MR) is 171 cm³/mol. The molecule has 4 N–H and O–H groups in total. The van der Waals surface area contributed by atoms with Crippen LogP contribution >= 0.6 is 11.6 Å². The van der Waals surface area contributed by atoms with Crippen LogP contribution in [0.4, 0.5) is 24.7 Å². The van der Waals surface area contributed by atoms with Gasteiger partial charge in [0.05, 0.1) is 23.2 Å². The minimum atomic E-state index is -1.73. The first-order valence-electron chi connectivity index (χ1n) is 15.2. The molecule has 6 rings (SSSR count). The molecule has 13 nitrogen and oxygen atoms in total. The first-order chi connectivity index (χ1) is 22.9. The molecule has 254 valence electrons.